The summed E-state index contributed by atoms with van der Waals surface area (Å²) in [4.78, 5) is 12.1. The number of anilines is 1. The Balaban J connectivity index is 1.84. The van der Waals surface area contributed by atoms with Crippen LogP contribution in [0.4, 0.5) is 5.69 Å². The SMILES string of the molecule is Nc1ccsc1C(=O)OCC1CCCC1. The molecule has 1 aromatic heterocycles. The molecule has 0 saturated heterocycles. The van der Waals surface area contributed by atoms with Crippen LogP contribution in [0.25, 0.3) is 0 Å². The Bertz CT molecular complexity index is 342. The van der Waals surface area contributed by atoms with Crippen molar-refractivity contribution in [1.29, 1.82) is 0 Å². The van der Waals surface area contributed by atoms with Gasteiger partial charge in [0.1, 0.15) is 4.88 Å². The molecule has 3 nitrogen and oxygen atoms in total. The fourth-order valence-corrected chi connectivity index (χ4v) is 2.63. The third-order valence-corrected chi connectivity index (χ3v) is 3.72. The number of carbonyl (C=O) groups excluding carboxylic acids is 1. The highest BCUT2D eigenvalue weighted by Crippen LogP contribution is 2.26. The average Bonchev–Trinajstić information content (AvgIpc) is 2.84. The molecule has 4 heteroatoms. The summed E-state index contributed by atoms with van der Waals surface area (Å²) in [5.41, 5.74) is 6.16. The first-order valence-electron chi connectivity index (χ1n) is 5.27. The lowest BCUT2D eigenvalue weighted by Crippen LogP contribution is -2.12. The third kappa shape index (κ3) is 2.50. The highest BCUT2D eigenvalue weighted by Gasteiger charge is 2.18. The molecular weight excluding hydrogens is 210 g/mol. The van der Waals surface area contributed by atoms with Crippen LogP contribution in [0, 0.1) is 5.92 Å². The highest BCUT2D eigenvalue weighted by atomic mass is 32.1. The minimum Gasteiger partial charge on any atom is -0.461 e. The topological polar surface area (TPSA) is 52.3 Å². The van der Waals surface area contributed by atoms with Crippen molar-refractivity contribution in [3.05, 3.63) is 16.3 Å². The standard InChI is InChI=1S/C11H15NO2S/c12-9-5-6-15-10(9)11(13)14-7-8-3-1-2-4-8/h5-6,8H,1-4,7,12H2. The quantitative estimate of drug-likeness (QED) is 0.805. The summed E-state index contributed by atoms with van der Waals surface area (Å²) in [6.07, 6.45) is 4.91. The molecule has 1 aliphatic carbocycles. The summed E-state index contributed by atoms with van der Waals surface area (Å²) < 4.78 is 5.24. The van der Waals surface area contributed by atoms with E-state index in [0.717, 1.165) is 0 Å². The number of hydrogen-bond acceptors (Lipinski definition) is 4. The zero-order chi connectivity index (χ0) is 10.7. The lowest BCUT2D eigenvalue weighted by atomic mass is 10.1. The van der Waals surface area contributed by atoms with Crippen LogP contribution < -0.4 is 5.73 Å². The van der Waals surface area contributed by atoms with E-state index in [2.05, 4.69) is 0 Å². The van der Waals surface area contributed by atoms with Crippen molar-refractivity contribution >= 4 is 23.0 Å². The van der Waals surface area contributed by atoms with Crippen LogP contribution in [-0.4, -0.2) is 12.6 Å². The monoisotopic (exact) mass is 225 g/mol. The predicted octanol–water partition coefficient (Wildman–Crippen LogP) is 2.68. The molecule has 0 radical (unpaired) electrons. The van der Waals surface area contributed by atoms with Gasteiger partial charge < -0.3 is 10.5 Å². The van der Waals surface area contributed by atoms with Gasteiger partial charge in [0.2, 0.25) is 0 Å². The van der Waals surface area contributed by atoms with E-state index in [1.54, 1.807) is 6.07 Å². The van der Waals surface area contributed by atoms with Crippen molar-refractivity contribution in [2.24, 2.45) is 5.92 Å². The van der Waals surface area contributed by atoms with Crippen molar-refractivity contribution in [2.45, 2.75) is 25.7 Å². The van der Waals surface area contributed by atoms with Crippen molar-refractivity contribution in [1.82, 2.24) is 0 Å². The number of hydrogen-bond donors (Lipinski definition) is 1. The van der Waals surface area contributed by atoms with Crippen LogP contribution in [-0.2, 0) is 4.74 Å². The molecule has 0 atom stereocenters. The second-order valence-electron chi connectivity index (χ2n) is 3.95. The fraction of sp³-hybridized carbons (Fsp3) is 0.545. The summed E-state index contributed by atoms with van der Waals surface area (Å²) in [5, 5.41) is 1.81. The van der Waals surface area contributed by atoms with Crippen molar-refractivity contribution < 1.29 is 9.53 Å². The van der Waals surface area contributed by atoms with E-state index in [9.17, 15) is 4.79 Å². The highest BCUT2D eigenvalue weighted by molar-refractivity contribution is 7.12. The van der Waals surface area contributed by atoms with Crippen LogP contribution in [0.2, 0.25) is 0 Å². The summed E-state index contributed by atoms with van der Waals surface area (Å²) in [6.45, 7) is 0.552. The molecule has 82 valence electrons. The third-order valence-electron chi connectivity index (χ3n) is 2.81. The fourth-order valence-electron chi connectivity index (χ4n) is 1.92. The summed E-state index contributed by atoms with van der Waals surface area (Å²) >= 11 is 1.34. The summed E-state index contributed by atoms with van der Waals surface area (Å²) in [6, 6.07) is 1.73. The number of carbonyl (C=O) groups is 1. The minimum absolute atomic E-state index is 0.269. The number of ether oxygens (including phenoxy) is 1. The van der Waals surface area contributed by atoms with Crippen LogP contribution >= 0.6 is 11.3 Å². The van der Waals surface area contributed by atoms with Gasteiger partial charge in [-0.25, -0.2) is 4.79 Å². The molecule has 15 heavy (non-hydrogen) atoms. The maximum Gasteiger partial charge on any atom is 0.350 e. The van der Waals surface area contributed by atoms with Gasteiger partial charge in [0.05, 0.1) is 12.3 Å². The molecule has 0 bridgehead atoms. The van der Waals surface area contributed by atoms with Gasteiger partial charge in [-0.05, 0) is 30.2 Å². The van der Waals surface area contributed by atoms with Gasteiger partial charge in [0, 0.05) is 0 Å². The normalized spacial score (nSPS) is 16.8. The zero-order valence-electron chi connectivity index (χ0n) is 8.57. The van der Waals surface area contributed by atoms with E-state index >= 15 is 0 Å². The summed E-state index contributed by atoms with van der Waals surface area (Å²) in [5.74, 6) is 0.296. The number of thiophene rings is 1. The van der Waals surface area contributed by atoms with Gasteiger partial charge in [-0.1, -0.05) is 12.8 Å². The molecule has 1 aliphatic rings. The maximum atomic E-state index is 11.6. The molecule has 2 N–H and O–H groups in total. The van der Waals surface area contributed by atoms with Crippen molar-refractivity contribution in [2.75, 3.05) is 12.3 Å². The lowest BCUT2D eigenvalue weighted by molar-refractivity contribution is 0.0449. The first-order chi connectivity index (χ1) is 7.27. The minimum atomic E-state index is -0.269. The van der Waals surface area contributed by atoms with Crippen molar-refractivity contribution in [3.8, 4) is 0 Å². The number of nitrogens with two attached hydrogens (primary N) is 1. The molecule has 0 aromatic carbocycles. The van der Waals surface area contributed by atoms with Gasteiger partial charge >= 0.3 is 5.97 Å². The molecular formula is C11H15NO2S. The predicted molar refractivity (Wildman–Crippen MR) is 61.0 cm³/mol. The van der Waals surface area contributed by atoms with Crippen LogP contribution in [0.1, 0.15) is 35.4 Å². The second kappa shape index (κ2) is 4.66. The molecule has 1 heterocycles. The molecule has 1 saturated carbocycles. The number of nitrogen functional groups attached to an aromatic ring is 1. The van der Waals surface area contributed by atoms with Crippen molar-refractivity contribution in [3.63, 3.8) is 0 Å². The Morgan fingerprint density at radius 1 is 1.53 bits per heavy atom. The van der Waals surface area contributed by atoms with E-state index in [4.69, 9.17) is 10.5 Å². The summed E-state index contributed by atoms with van der Waals surface area (Å²) in [7, 11) is 0. The molecule has 0 aliphatic heterocycles. The molecule has 2 rings (SSSR count). The van der Waals surface area contributed by atoms with Gasteiger partial charge in [0.25, 0.3) is 0 Å². The first-order valence-corrected chi connectivity index (χ1v) is 6.15. The van der Waals surface area contributed by atoms with E-state index < -0.39 is 0 Å². The molecule has 1 fully saturated rings. The Morgan fingerprint density at radius 3 is 2.87 bits per heavy atom. The Morgan fingerprint density at radius 2 is 2.27 bits per heavy atom. The van der Waals surface area contributed by atoms with Gasteiger partial charge in [-0.3, -0.25) is 0 Å². The van der Waals surface area contributed by atoms with Gasteiger partial charge in [-0.15, -0.1) is 11.3 Å². The Kier molecular flexibility index (Phi) is 3.26. The lowest BCUT2D eigenvalue weighted by Gasteiger charge is -2.09. The Hall–Kier alpha value is -1.03. The number of esters is 1. The zero-order valence-corrected chi connectivity index (χ0v) is 9.39. The molecule has 0 amide bonds. The van der Waals surface area contributed by atoms with E-state index in [1.807, 2.05) is 5.38 Å². The second-order valence-corrected chi connectivity index (χ2v) is 4.87. The first kappa shape index (κ1) is 10.5. The van der Waals surface area contributed by atoms with E-state index in [0.29, 0.717) is 23.1 Å². The van der Waals surface area contributed by atoms with Gasteiger partial charge in [0.15, 0.2) is 0 Å². The smallest absolute Gasteiger partial charge is 0.350 e. The maximum absolute atomic E-state index is 11.6. The average molecular weight is 225 g/mol. The van der Waals surface area contributed by atoms with Crippen LogP contribution in [0.15, 0.2) is 11.4 Å². The van der Waals surface area contributed by atoms with Crippen LogP contribution in [0.5, 0.6) is 0 Å². The Labute approximate surface area is 93.2 Å². The molecule has 0 unspecified atom stereocenters. The van der Waals surface area contributed by atoms with E-state index in [-0.39, 0.29) is 5.97 Å². The number of rotatable bonds is 3. The molecule has 0 spiro atoms. The van der Waals surface area contributed by atoms with E-state index in [1.165, 1.54) is 37.0 Å². The van der Waals surface area contributed by atoms with Crippen LogP contribution in [0.3, 0.4) is 0 Å². The largest absolute Gasteiger partial charge is 0.461 e. The molecule has 1 aromatic rings. The van der Waals surface area contributed by atoms with Gasteiger partial charge in [-0.2, -0.15) is 0 Å².